The van der Waals surface area contributed by atoms with E-state index < -0.39 is 0 Å². The van der Waals surface area contributed by atoms with Crippen LogP contribution in [0.25, 0.3) is 0 Å². The summed E-state index contributed by atoms with van der Waals surface area (Å²) >= 11 is 0. The summed E-state index contributed by atoms with van der Waals surface area (Å²) in [6.45, 7) is 7.11. The van der Waals surface area contributed by atoms with Crippen molar-refractivity contribution in [1.82, 2.24) is 10.2 Å². The molecule has 0 saturated heterocycles. The Morgan fingerprint density at radius 1 is 1.54 bits per heavy atom. The molecule has 1 heterocycles. The second kappa shape index (κ2) is 3.80. The maximum atomic E-state index is 10.9. The molecule has 0 bridgehead atoms. The summed E-state index contributed by atoms with van der Waals surface area (Å²) < 4.78 is 0. The van der Waals surface area contributed by atoms with Gasteiger partial charge < -0.3 is 5.32 Å². The van der Waals surface area contributed by atoms with Gasteiger partial charge in [0.2, 0.25) is 5.91 Å². The highest BCUT2D eigenvalue weighted by Crippen LogP contribution is 2.07. The quantitative estimate of drug-likeness (QED) is 0.691. The van der Waals surface area contributed by atoms with Gasteiger partial charge in [0.25, 0.3) is 0 Å². The lowest BCUT2D eigenvalue weighted by molar-refractivity contribution is -0.111. The molecule has 0 aliphatic heterocycles. The minimum Gasteiger partial charge on any atom is -0.306 e. The molecule has 0 radical (unpaired) electrons. The third-order valence-electron chi connectivity index (χ3n) is 1.67. The summed E-state index contributed by atoms with van der Waals surface area (Å²) in [6, 6.07) is 1.77. The van der Waals surface area contributed by atoms with Gasteiger partial charge in [-0.1, -0.05) is 6.58 Å². The molecule has 0 atom stereocenters. The van der Waals surface area contributed by atoms with Crippen LogP contribution in [0.4, 0.5) is 5.82 Å². The van der Waals surface area contributed by atoms with Crippen LogP contribution in [0.2, 0.25) is 0 Å². The highest BCUT2D eigenvalue weighted by Gasteiger charge is 2.00. The van der Waals surface area contributed by atoms with E-state index in [-0.39, 0.29) is 5.91 Å². The summed E-state index contributed by atoms with van der Waals surface area (Å²) in [7, 11) is 0. The number of aryl methyl sites for hydroxylation is 2. The Hall–Kier alpha value is -1.71. The molecule has 0 unspecified atom stereocenters. The van der Waals surface area contributed by atoms with E-state index in [0.29, 0.717) is 5.82 Å². The summed E-state index contributed by atoms with van der Waals surface area (Å²) in [6.07, 6.45) is 1.19. The topological polar surface area (TPSA) is 54.9 Å². The molecule has 1 N–H and O–H groups in total. The van der Waals surface area contributed by atoms with Gasteiger partial charge in [-0.05, 0) is 31.6 Å². The summed E-state index contributed by atoms with van der Waals surface area (Å²) in [4.78, 5) is 10.9. The average molecular weight is 177 g/mol. The first-order chi connectivity index (χ1) is 6.13. The van der Waals surface area contributed by atoms with E-state index in [1.54, 1.807) is 6.07 Å². The van der Waals surface area contributed by atoms with Crippen molar-refractivity contribution in [2.45, 2.75) is 13.8 Å². The number of anilines is 1. The van der Waals surface area contributed by atoms with E-state index in [0.717, 1.165) is 11.3 Å². The number of aromatic nitrogens is 2. The van der Waals surface area contributed by atoms with Gasteiger partial charge in [-0.25, -0.2) is 0 Å². The molecule has 0 spiro atoms. The molecular weight excluding hydrogens is 166 g/mol. The van der Waals surface area contributed by atoms with Crippen molar-refractivity contribution in [3.63, 3.8) is 0 Å². The first kappa shape index (κ1) is 9.38. The normalized spacial score (nSPS) is 9.38. The number of nitrogens with one attached hydrogen (secondary N) is 1. The molecular formula is C9H11N3O. The van der Waals surface area contributed by atoms with Crippen LogP contribution in [-0.4, -0.2) is 16.1 Å². The SMILES string of the molecule is C=CC(=O)Nc1cc(C)c(C)nn1. The third kappa shape index (κ3) is 2.37. The third-order valence-corrected chi connectivity index (χ3v) is 1.67. The van der Waals surface area contributed by atoms with Crippen molar-refractivity contribution in [1.29, 1.82) is 0 Å². The van der Waals surface area contributed by atoms with Crippen LogP contribution in [0.3, 0.4) is 0 Å². The van der Waals surface area contributed by atoms with Gasteiger partial charge in [0.1, 0.15) is 0 Å². The number of amides is 1. The van der Waals surface area contributed by atoms with E-state index in [9.17, 15) is 4.79 Å². The number of rotatable bonds is 2. The zero-order chi connectivity index (χ0) is 9.84. The Kier molecular flexibility index (Phi) is 2.74. The van der Waals surface area contributed by atoms with E-state index in [1.165, 1.54) is 6.08 Å². The van der Waals surface area contributed by atoms with Crippen molar-refractivity contribution in [3.05, 3.63) is 30.0 Å². The van der Waals surface area contributed by atoms with Crippen LogP contribution in [0.15, 0.2) is 18.7 Å². The Morgan fingerprint density at radius 2 is 2.23 bits per heavy atom. The van der Waals surface area contributed by atoms with Crippen LogP contribution >= 0.6 is 0 Å². The molecule has 0 fully saturated rings. The van der Waals surface area contributed by atoms with Crippen LogP contribution < -0.4 is 5.32 Å². The monoisotopic (exact) mass is 177 g/mol. The predicted molar refractivity (Wildman–Crippen MR) is 50.3 cm³/mol. The van der Waals surface area contributed by atoms with Crippen LogP contribution in [0.1, 0.15) is 11.3 Å². The van der Waals surface area contributed by atoms with Gasteiger partial charge in [-0.2, -0.15) is 5.10 Å². The number of carbonyl (C=O) groups excluding carboxylic acids is 1. The van der Waals surface area contributed by atoms with E-state index in [2.05, 4.69) is 22.1 Å². The number of carbonyl (C=O) groups is 1. The van der Waals surface area contributed by atoms with Gasteiger partial charge in [-0.3, -0.25) is 4.79 Å². The van der Waals surface area contributed by atoms with Crippen molar-refractivity contribution >= 4 is 11.7 Å². The number of hydrogen-bond acceptors (Lipinski definition) is 3. The average Bonchev–Trinajstić information content (AvgIpc) is 2.11. The van der Waals surface area contributed by atoms with Crippen LogP contribution in [0, 0.1) is 13.8 Å². The lowest BCUT2D eigenvalue weighted by Gasteiger charge is -2.02. The van der Waals surface area contributed by atoms with Gasteiger partial charge in [0.15, 0.2) is 5.82 Å². The summed E-state index contributed by atoms with van der Waals surface area (Å²) in [5.74, 6) is 0.172. The van der Waals surface area contributed by atoms with Gasteiger partial charge >= 0.3 is 0 Å². The Labute approximate surface area is 76.7 Å². The summed E-state index contributed by atoms with van der Waals surface area (Å²) in [5.41, 5.74) is 1.85. The van der Waals surface area contributed by atoms with Gasteiger partial charge in [0.05, 0.1) is 5.69 Å². The van der Waals surface area contributed by atoms with Crippen LogP contribution in [-0.2, 0) is 4.79 Å². The zero-order valence-corrected chi connectivity index (χ0v) is 7.66. The highest BCUT2D eigenvalue weighted by molar-refractivity contribution is 5.98. The highest BCUT2D eigenvalue weighted by atomic mass is 16.1. The molecule has 0 aromatic carbocycles. The van der Waals surface area contributed by atoms with Gasteiger partial charge in [-0.15, -0.1) is 5.10 Å². The zero-order valence-electron chi connectivity index (χ0n) is 7.66. The Morgan fingerprint density at radius 3 is 2.77 bits per heavy atom. The Bertz CT molecular complexity index is 347. The lowest BCUT2D eigenvalue weighted by Crippen LogP contribution is -2.10. The van der Waals surface area contributed by atoms with Crippen molar-refractivity contribution in [3.8, 4) is 0 Å². The van der Waals surface area contributed by atoms with E-state index >= 15 is 0 Å². The molecule has 4 nitrogen and oxygen atoms in total. The molecule has 0 aliphatic carbocycles. The molecule has 4 heteroatoms. The fraction of sp³-hybridized carbons (Fsp3) is 0.222. The smallest absolute Gasteiger partial charge is 0.248 e. The Balaban J connectivity index is 2.85. The molecule has 1 amide bonds. The first-order valence-corrected chi connectivity index (χ1v) is 3.88. The fourth-order valence-corrected chi connectivity index (χ4v) is 0.784. The maximum Gasteiger partial charge on any atom is 0.248 e. The second-order valence-corrected chi connectivity index (χ2v) is 2.69. The van der Waals surface area contributed by atoms with Gasteiger partial charge in [0, 0.05) is 0 Å². The predicted octanol–water partition coefficient (Wildman–Crippen LogP) is 1.22. The summed E-state index contributed by atoms with van der Waals surface area (Å²) in [5, 5.41) is 10.2. The second-order valence-electron chi connectivity index (χ2n) is 2.69. The fourth-order valence-electron chi connectivity index (χ4n) is 0.784. The number of nitrogens with zero attached hydrogens (tertiary/aromatic N) is 2. The van der Waals surface area contributed by atoms with E-state index in [1.807, 2.05) is 13.8 Å². The molecule has 1 aromatic heterocycles. The van der Waals surface area contributed by atoms with Crippen molar-refractivity contribution in [2.24, 2.45) is 0 Å². The van der Waals surface area contributed by atoms with Crippen LogP contribution in [0.5, 0.6) is 0 Å². The molecule has 68 valence electrons. The number of hydrogen-bond donors (Lipinski definition) is 1. The first-order valence-electron chi connectivity index (χ1n) is 3.88. The molecule has 1 aromatic rings. The molecule has 0 saturated carbocycles. The standard InChI is InChI=1S/C9H11N3O/c1-4-9(13)10-8-5-6(2)7(3)11-12-8/h4-5H,1H2,2-3H3,(H,10,12,13). The van der Waals surface area contributed by atoms with Crippen molar-refractivity contribution in [2.75, 3.05) is 5.32 Å². The van der Waals surface area contributed by atoms with E-state index in [4.69, 9.17) is 0 Å². The largest absolute Gasteiger partial charge is 0.306 e. The lowest BCUT2D eigenvalue weighted by atomic mass is 10.2. The minimum absolute atomic E-state index is 0.280. The maximum absolute atomic E-state index is 10.9. The minimum atomic E-state index is -0.280. The molecule has 13 heavy (non-hydrogen) atoms. The molecule has 1 rings (SSSR count). The molecule has 0 aliphatic rings. The van der Waals surface area contributed by atoms with Crippen molar-refractivity contribution < 1.29 is 4.79 Å².